The molecule has 12 rings (SSSR count). The Kier molecular flexibility index (Phi) is 16.3. The lowest BCUT2D eigenvalue weighted by molar-refractivity contribution is 1.09. The number of nitrogens with zero attached hydrogens (tertiary/aromatic N) is 8. The van der Waals surface area contributed by atoms with Crippen LogP contribution in [0.1, 0.15) is 40.5 Å². The van der Waals surface area contributed by atoms with Crippen LogP contribution in [-0.2, 0) is 0 Å². The predicted molar refractivity (Wildman–Crippen MR) is 269 cm³/mol. The third-order valence-corrected chi connectivity index (χ3v) is 9.19. The number of benzene rings is 4. The molecular formula is C54H52N12. The molecule has 12 aromatic rings. The van der Waals surface area contributed by atoms with Gasteiger partial charge in [-0.2, -0.15) is 0 Å². The van der Waals surface area contributed by atoms with Gasteiger partial charge in [0.25, 0.3) is 0 Å². The van der Waals surface area contributed by atoms with Crippen molar-refractivity contribution in [2.75, 3.05) is 0 Å². The molecule has 12 nitrogen and oxygen atoms in total. The van der Waals surface area contributed by atoms with Crippen molar-refractivity contribution in [3.05, 3.63) is 195 Å². The first-order chi connectivity index (χ1) is 32.6. The Balaban J connectivity index is 0.000000126. The van der Waals surface area contributed by atoms with Crippen LogP contribution < -0.4 is 0 Å². The van der Waals surface area contributed by atoms with Gasteiger partial charge in [-0.15, -0.1) is 0 Å². The fourth-order valence-corrected chi connectivity index (χ4v) is 6.31. The van der Waals surface area contributed by atoms with Gasteiger partial charge < -0.3 is 19.9 Å². The number of rotatable bonds is 4. The van der Waals surface area contributed by atoms with Gasteiger partial charge in [-0.05, 0) is 97.1 Å². The second-order valence-corrected chi connectivity index (χ2v) is 14.7. The topological polar surface area (TPSA) is 166 Å². The van der Waals surface area contributed by atoms with E-state index in [9.17, 15) is 0 Å². The minimum absolute atomic E-state index is 0.816. The van der Waals surface area contributed by atoms with Crippen molar-refractivity contribution in [2.45, 2.75) is 40.5 Å². The van der Waals surface area contributed by atoms with Gasteiger partial charge in [0.2, 0.25) is 0 Å². The molecule has 0 fully saturated rings. The summed E-state index contributed by atoms with van der Waals surface area (Å²) in [5.41, 5.74) is 11.5. The number of fused-ring (bicyclic) bond motifs is 4. The fraction of sp³-hybridized carbons (Fsp3) is 0.111. The molecule has 0 bridgehead atoms. The van der Waals surface area contributed by atoms with E-state index in [1.54, 1.807) is 24.8 Å². The van der Waals surface area contributed by atoms with E-state index in [2.05, 4.69) is 87.5 Å². The molecule has 0 saturated heterocycles. The number of H-pyrrole nitrogens is 4. The normalized spacial score (nSPS) is 10.2. The average molecular weight is 869 g/mol. The maximum atomic E-state index is 4.46. The number of hydrogen-bond donors (Lipinski definition) is 4. The summed E-state index contributed by atoms with van der Waals surface area (Å²) in [6.45, 7) is 8.50. The number of aromatic nitrogens is 12. The zero-order chi connectivity index (χ0) is 45.8. The summed E-state index contributed by atoms with van der Waals surface area (Å²) in [5.74, 6) is 3.27. The Morgan fingerprint density at radius 1 is 0.273 bits per heavy atom. The van der Waals surface area contributed by atoms with Gasteiger partial charge in [-0.25, -0.2) is 19.9 Å². The molecular weight excluding hydrogens is 817 g/mol. The number of aromatic amines is 4. The summed E-state index contributed by atoms with van der Waals surface area (Å²) in [6, 6.07) is 55.0. The lowest BCUT2D eigenvalue weighted by atomic mass is 10.3. The van der Waals surface area contributed by atoms with Crippen LogP contribution in [0.4, 0.5) is 0 Å². The molecule has 0 amide bonds. The van der Waals surface area contributed by atoms with Crippen LogP contribution in [0.15, 0.2) is 195 Å². The molecule has 66 heavy (non-hydrogen) atoms. The molecule has 8 aromatic heterocycles. The smallest absolute Gasteiger partial charge is 0.157 e. The van der Waals surface area contributed by atoms with E-state index in [0.717, 1.165) is 90.2 Å². The highest BCUT2D eigenvalue weighted by Crippen LogP contribution is 2.21. The van der Waals surface area contributed by atoms with E-state index >= 15 is 0 Å². The van der Waals surface area contributed by atoms with Crippen LogP contribution in [0.25, 0.3) is 90.2 Å². The largest absolute Gasteiger partial charge is 0.337 e. The van der Waals surface area contributed by atoms with Gasteiger partial charge in [0.15, 0.2) is 23.3 Å². The lowest BCUT2D eigenvalue weighted by Crippen LogP contribution is -1.82. The second kappa shape index (κ2) is 23.7. The van der Waals surface area contributed by atoms with Crippen molar-refractivity contribution in [3.8, 4) is 46.1 Å². The van der Waals surface area contributed by atoms with Gasteiger partial charge in [0.05, 0.1) is 44.1 Å². The highest BCUT2D eigenvalue weighted by molar-refractivity contribution is 5.81. The zero-order valence-electron chi connectivity index (χ0n) is 37.5. The Hall–Kier alpha value is -8.64. The Morgan fingerprint density at radius 2 is 0.470 bits per heavy atom. The first-order valence-corrected chi connectivity index (χ1v) is 22.0. The van der Waals surface area contributed by atoms with Crippen molar-refractivity contribution in [2.24, 2.45) is 0 Å². The molecule has 0 aliphatic rings. The van der Waals surface area contributed by atoms with Crippen molar-refractivity contribution in [1.82, 2.24) is 59.8 Å². The molecule has 8 heterocycles. The Morgan fingerprint density at radius 3 is 0.652 bits per heavy atom. The van der Waals surface area contributed by atoms with Gasteiger partial charge in [-0.1, -0.05) is 113 Å². The van der Waals surface area contributed by atoms with Crippen LogP contribution in [0.3, 0.4) is 0 Å². The monoisotopic (exact) mass is 868 g/mol. The van der Waals surface area contributed by atoms with E-state index in [1.807, 2.05) is 170 Å². The Bertz CT molecular complexity index is 2680. The van der Waals surface area contributed by atoms with E-state index in [-0.39, 0.29) is 0 Å². The molecule has 0 unspecified atom stereocenters. The van der Waals surface area contributed by atoms with Crippen LogP contribution in [0.5, 0.6) is 0 Å². The summed E-state index contributed by atoms with van der Waals surface area (Å²) >= 11 is 0. The third-order valence-electron chi connectivity index (χ3n) is 9.19. The second-order valence-electron chi connectivity index (χ2n) is 14.7. The van der Waals surface area contributed by atoms with Crippen molar-refractivity contribution in [3.63, 3.8) is 0 Å². The number of hydrogen-bond acceptors (Lipinski definition) is 8. The van der Waals surface area contributed by atoms with Crippen molar-refractivity contribution in [1.29, 1.82) is 0 Å². The van der Waals surface area contributed by atoms with E-state index in [1.165, 1.54) is 12.8 Å². The van der Waals surface area contributed by atoms with Crippen LogP contribution in [0.2, 0.25) is 0 Å². The third kappa shape index (κ3) is 12.3. The summed E-state index contributed by atoms with van der Waals surface area (Å²) in [4.78, 5) is 47.8. The summed E-state index contributed by atoms with van der Waals surface area (Å²) in [6.07, 6.45) is 9.57. The van der Waals surface area contributed by atoms with Gasteiger partial charge in [-0.3, -0.25) is 19.9 Å². The highest BCUT2D eigenvalue weighted by Gasteiger charge is 2.07. The number of pyridine rings is 4. The van der Waals surface area contributed by atoms with E-state index < -0.39 is 0 Å². The van der Waals surface area contributed by atoms with Crippen LogP contribution >= 0.6 is 0 Å². The molecule has 0 radical (unpaired) electrons. The fourth-order valence-electron chi connectivity index (χ4n) is 6.31. The molecule has 0 aliphatic heterocycles. The van der Waals surface area contributed by atoms with Gasteiger partial charge in [0, 0.05) is 24.8 Å². The van der Waals surface area contributed by atoms with E-state index in [4.69, 9.17) is 0 Å². The minimum Gasteiger partial charge on any atom is -0.337 e. The van der Waals surface area contributed by atoms with Gasteiger partial charge >= 0.3 is 0 Å². The standard InChI is InChI=1S/4C12H9N3.2C3H8/c4*1-2-6-10-9(5-1)14-12(15-10)11-7-3-4-8-13-11;2*1-3-2/h4*1-8H,(H,14,15);2*3H2,1-2H3. The maximum Gasteiger partial charge on any atom is 0.157 e. The number of imidazole rings is 4. The average Bonchev–Trinajstić information content (AvgIpc) is 4.21. The summed E-state index contributed by atoms with van der Waals surface area (Å²) in [7, 11) is 0. The minimum atomic E-state index is 0.816. The molecule has 328 valence electrons. The maximum absolute atomic E-state index is 4.46. The lowest BCUT2D eigenvalue weighted by Gasteiger charge is -1.92. The number of para-hydroxylation sites is 8. The quantitative estimate of drug-likeness (QED) is 0.136. The molecule has 12 heteroatoms. The zero-order valence-corrected chi connectivity index (χ0v) is 37.5. The first-order valence-electron chi connectivity index (χ1n) is 22.0. The van der Waals surface area contributed by atoms with Crippen molar-refractivity contribution < 1.29 is 0 Å². The first kappa shape index (κ1) is 45.4. The SMILES string of the molecule is CCC.CCC.c1ccc(-c2nc3ccccc3[nH]2)nc1.c1ccc(-c2nc3ccccc3[nH]2)nc1.c1ccc(-c2nc3ccccc3[nH]2)nc1.c1ccc(-c2nc3ccccc3[nH]2)nc1. The Labute approximate surface area is 383 Å². The molecule has 0 saturated carbocycles. The number of nitrogens with one attached hydrogen (secondary N) is 4. The van der Waals surface area contributed by atoms with Gasteiger partial charge in [0.1, 0.15) is 22.8 Å². The molecule has 0 spiro atoms. The molecule has 0 aliphatic carbocycles. The summed E-state index contributed by atoms with van der Waals surface area (Å²) < 4.78 is 0. The molecule has 4 aromatic carbocycles. The molecule has 4 N–H and O–H groups in total. The van der Waals surface area contributed by atoms with E-state index in [0.29, 0.717) is 0 Å². The van der Waals surface area contributed by atoms with Crippen LogP contribution in [-0.4, -0.2) is 59.8 Å². The van der Waals surface area contributed by atoms with Crippen molar-refractivity contribution >= 4 is 44.1 Å². The predicted octanol–water partition coefficient (Wildman–Crippen LogP) is 13.3. The highest BCUT2D eigenvalue weighted by atomic mass is 15.0. The molecule has 0 atom stereocenters. The van der Waals surface area contributed by atoms with Crippen LogP contribution in [0, 0.1) is 0 Å². The summed E-state index contributed by atoms with van der Waals surface area (Å²) in [5, 5.41) is 0.